The van der Waals surface area contributed by atoms with Gasteiger partial charge in [0.15, 0.2) is 0 Å². The minimum atomic E-state index is -1.00. The Kier molecular flexibility index (Phi) is 39.8. The van der Waals surface area contributed by atoms with E-state index in [0.29, 0.717) is 32.2 Å². The lowest BCUT2D eigenvalue weighted by Crippen LogP contribution is -2.40. The molecule has 2 atom stereocenters. The van der Waals surface area contributed by atoms with Crippen LogP contribution in [0, 0.1) is 0 Å². The predicted molar refractivity (Wildman–Crippen MR) is 225 cm³/mol. The highest BCUT2D eigenvalue weighted by Gasteiger charge is 2.18. The molecule has 0 spiro atoms. The molecule has 0 saturated heterocycles. The van der Waals surface area contributed by atoms with Crippen molar-refractivity contribution in [2.75, 3.05) is 6.54 Å². The van der Waals surface area contributed by atoms with E-state index in [2.05, 4.69) is 31.3 Å². The van der Waals surface area contributed by atoms with Gasteiger partial charge in [-0.1, -0.05) is 187 Å². The molecule has 4 N–H and O–H groups in total. The zero-order valence-corrected chi connectivity index (χ0v) is 35.1. The fraction of sp³-hybridized carbons (Fsp3) is 0.891. The maximum absolute atomic E-state index is 12.8. The number of amides is 1. The maximum Gasteiger partial charge on any atom is 0.326 e. The van der Waals surface area contributed by atoms with E-state index in [1.807, 2.05) is 0 Å². The van der Waals surface area contributed by atoms with Crippen LogP contribution in [0.1, 0.15) is 245 Å². The maximum atomic E-state index is 12.8. The first-order chi connectivity index (χ1) is 25.9. The normalized spacial score (nSPS) is 12.7. The molecule has 1 amide bonds. The van der Waals surface area contributed by atoms with Crippen LogP contribution in [-0.4, -0.2) is 41.6 Å². The summed E-state index contributed by atoms with van der Waals surface area (Å²) < 4.78 is 5.97. The van der Waals surface area contributed by atoms with Crippen molar-refractivity contribution >= 4 is 17.8 Å². The molecule has 0 aromatic heterocycles. The number of allylic oxidation sites excluding steroid dienone is 1. The number of aliphatic carboxylic acids is 1. The molecule has 0 saturated carbocycles. The molecule has 0 aliphatic carbocycles. The second-order valence-electron chi connectivity index (χ2n) is 15.8. The van der Waals surface area contributed by atoms with Crippen LogP contribution in [0.2, 0.25) is 0 Å². The highest BCUT2D eigenvalue weighted by atomic mass is 16.5. The SMILES string of the molecule is CCCCCCCC/C=C\C(CCCCCCCCC(=O)NC(CCCN)C(=O)O)OC(=O)CCCCCCCCCCCCCCCCCCCC. The van der Waals surface area contributed by atoms with E-state index in [9.17, 15) is 19.5 Å². The molecule has 0 bridgehead atoms. The summed E-state index contributed by atoms with van der Waals surface area (Å²) in [7, 11) is 0. The van der Waals surface area contributed by atoms with Gasteiger partial charge in [-0.05, 0) is 64.0 Å². The highest BCUT2D eigenvalue weighted by Crippen LogP contribution is 2.17. The predicted octanol–water partition coefficient (Wildman–Crippen LogP) is 13.1. The van der Waals surface area contributed by atoms with E-state index >= 15 is 0 Å². The number of hydrogen-bond acceptors (Lipinski definition) is 5. The molecule has 53 heavy (non-hydrogen) atoms. The Hall–Kier alpha value is -1.89. The third kappa shape index (κ3) is 38.2. The number of carboxylic acids is 1. The lowest BCUT2D eigenvalue weighted by molar-refractivity contribution is -0.147. The number of carbonyl (C=O) groups is 3. The van der Waals surface area contributed by atoms with Crippen molar-refractivity contribution in [3.05, 3.63) is 12.2 Å². The van der Waals surface area contributed by atoms with Gasteiger partial charge in [0, 0.05) is 12.8 Å². The molecule has 0 aliphatic rings. The summed E-state index contributed by atoms with van der Waals surface area (Å²) in [6.07, 6.45) is 45.7. The zero-order chi connectivity index (χ0) is 38.9. The van der Waals surface area contributed by atoms with Crippen LogP contribution < -0.4 is 11.1 Å². The van der Waals surface area contributed by atoms with Gasteiger partial charge < -0.3 is 20.9 Å². The second kappa shape index (κ2) is 41.3. The first kappa shape index (κ1) is 51.1. The van der Waals surface area contributed by atoms with Gasteiger partial charge in [0.2, 0.25) is 5.91 Å². The molecule has 7 nitrogen and oxygen atoms in total. The van der Waals surface area contributed by atoms with E-state index in [1.54, 1.807) is 0 Å². The fourth-order valence-corrected chi connectivity index (χ4v) is 7.07. The number of unbranched alkanes of at least 4 members (excludes halogenated alkanes) is 28. The van der Waals surface area contributed by atoms with Crippen molar-refractivity contribution in [3.63, 3.8) is 0 Å². The summed E-state index contributed by atoms with van der Waals surface area (Å²) in [6, 6.07) is -0.850. The summed E-state index contributed by atoms with van der Waals surface area (Å²) in [6.45, 7) is 4.95. The summed E-state index contributed by atoms with van der Waals surface area (Å²) in [4.78, 5) is 36.3. The van der Waals surface area contributed by atoms with Gasteiger partial charge in [-0.25, -0.2) is 4.79 Å². The van der Waals surface area contributed by atoms with Crippen LogP contribution in [0.25, 0.3) is 0 Å². The average Bonchev–Trinajstić information content (AvgIpc) is 3.14. The van der Waals surface area contributed by atoms with E-state index in [4.69, 9.17) is 10.5 Å². The summed E-state index contributed by atoms with van der Waals surface area (Å²) in [5, 5.41) is 11.9. The lowest BCUT2D eigenvalue weighted by Gasteiger charge is -2.15. The first-order valence-corrected chi connectivity index (χ1v) is 23.0. The Morgan fingerprint density at radius 1 is 0.547 bits per heavy atom. The van der Waals surface area contributed by atoms with Crippen LogP contribution in [0.3, 0.4) is 0 Å². The number of esters is 1. The largest absolute Gasteiger partial charge is 0.480 e. The van der Waals surface area contributed by atoms with Crippen LogP contribution in [0.15, 0.2) is 12.2 Å². The standard InChI is InChI=1S/C46H88N2O5/c1-3-5-7-9-11-13-14-15-16-17-18-19-20-21-22-24-30-34-40-45(50)53-42(36-31-27-23-12-10-8-6-4-2)37-32-28-25-26-29-33-39-44(49)48-43(46(51)52)38-35-41-47/h31,36,42-43H,3-30,32-35,37-41,47H2,1-2H3,(H,48,49)(H,51,52)/b36-31-. The summed E-state index contributed by atoms with van der Waals surface area (Å²) in [5.74, 6) is -1.25. The number of carbonyl (C=O) groups excluding carboxylic acids is 2. The van der Waals surface area contributed by atoms with Crippen molar-refractivity contribution in [1.29, 1.82) is 0 Å². The van der Waals surface area contributed by atoms with Crippen molar-refractivity contribution in [2.24, 2.45) is 5.73 Å². The Morgan fingerprint density at radius 3 is 1.42 bits per heavy atom. The molecule has 0 aromatic rings. The lowest BCUT2D eigenvalue weighted by atomic mass is 10.0. The van der Waals surface area contributed by atoms with Gasteiger partial charge in [0.05, 0.1) is 0 Å². The molecular weight excluding hydrogens is 661 g/mol. The molecule has 7 heteroatoms. The number of nitrogens with one attached hydrogen (secondary N) is 1. The first-order valence-electron chi connectivity index (χ1n) is 23.0. The Labute approximate surface area is 328 Å². The van der Waals surface area contributed by atoms with Crippen LogP contribution in [0.4, 0.5) is 0 Å². The molecule has 0 aliphatic heterocycles. The molecular formula is C46H88N2O5. The zero-order valence-electron chi connectivity index (χ0n) is 35.1. The Balaban J connectivity index is 4.14. The summed E-state index contributed by atoms with van der Waals surface area (Å²) >= 11 is 0. The van der Waals surface area contributed by atoms with E-state index < -0.39 is 12.0 Å². The third-order valence-electron chi connectivity index (χ3n) is 10.6. The molecule has 312 valence electrons. The molecule has 0 aromatic carbocycles. The van der Waals surface area contributed by atoms with Gasteiger partial charge in [-0.2, -0.15) is 0 Å². The van der Waals surface area contributed by atoms with Crippen molar-refractivity contribution in [2.45, 2.75) is 257 Å². The number of carboxylic acid groups (broad SMARTS) is 1. The molecule has 0 rings (SSSR count). The number of ether oxygens (including phenoxy) is 1. The van der Waals surface area contributed by atoms with Crippen molar-refractivity contribution in [1.82, 2.24) is 5.32 Å². The number of rotatable bonds is 42. The van der Waals surface area contributed by atoms with Gasteiger partial charge in [-0.15, -0.1) is 0 Å². The Morgan fingerprint density at radius 2 is 0.962 bits per heavy atom. The molecule has 0 radical (unpaired) electrons. The van der Waals surface area contributed by atoms with Gasteiger partial charge in [-0.3, -0.25) is 9.59 Å². The van der Waals surface area contributed by atoms with E-state index in [1.165, 1.54) is 141 Å². The fourth-order valence-electron chi connectivity index (χ4n) is 7.07. The molecule has 2 unspecified atom stereocenters. The molecule has 0 fully saturated rings. The quantitative estimate of drug-likeness (QED) is 0.0325. The van der Waals surface area contributed by atoms with Crippen LogP contribution in [0.5, 0.6) is 0 Å². The molecule has 0 heterocycles. The van der Waals surface area contributed by atoms with Crippen LogP contribution in [-0.2, 0) is 19.1 Å². The van der Waals surface area contributed by atoms with E-state index in [-0.39, 0.29) is 18.0 Å². The minimum absolute atomic E-state index is 0.0536. The van der Waals surface area contributed by atoms with Crippen LogP contribution >= 0.6 is 0 Å². The van der Waals surface area contributed by atoms with E-state index in [0.717, 1.165) is 64.2 Å². The number of hydrogen-bond donors (Lipinski definition) is 3. The monoisotopic (exact) mass is 749 g/mol. The highest BCUT2D eigenvalue weighted by molar-refractivity contribution is 5.83. The topological polar surface area (TPSA) is 119 Å². The van der Waals surface area contributed by atoms with Gasteiger partial charge >= 0.3 is 11.9 Å². The van der Waals surface area contributed by atoms with Gasteiger partial charge in [0.1, 0.15) is 12.1 Å². The number of nitrogens with two attached hydrogens (primary N) is 1. The average molecular weight is 749 g/mol. The second-order valence-corrected chi connectivity index (χ2v) is 15.8. The smallest absolute Gasteiger partial charge is 0.326 e. The van der Waals surface area contributed by atoms with Crippen molar-refractivity contribution < 1.29 is 24.2 Å². The van der Waals surface area contributed by atoms with Gasteiger partial charge in [0.25, 0.3) is 0 Å². The third-order valence-corrected chi connectivity index (χ3v) is 10.6. The Bertz CT molecular complexity index is 848. The van der Waals surface area contributed by atoms with Crippen molar-refractivity contribution in [3.8, 4) is 0 Å². The summed E-state index contributed by atoms with van der Waals surface area (Å²) in [5.41, 5.74) is 5.48. The minimum Gasteiger partial charge on any atom is -0.480 e.